The molecule has 0 saturated heterocycles. The van der Waals surface area contributed by atoms with Gasteiger partial charge in [-0.25, -0.2) is 0 Å². The molecule has 4 atom stereocenters. The van der Waals surface area contributed by atoms with Gasteiger partial charge in [0.2, 0.25) is 0 Å². The van der Waals surface area contributed by atoms with Crippen molar-refractivity contribution in [3.63, 3.8) is 0 Å². The lowest BCUT2D eigenvalue weighted by atomic mass is 9.57. The van der Waals surface area contributed by atoms with Gasteiger partial charge in [-0.05, 0) is 36.7 Å². The zero-order valence-electron chi connectivity index (χ0n) is 9.77. The van der Waals surface area contributed by atoms with Crippen LogP contribution in [0.3, 0.4) is 0 Å². The predicted molar refractivity (Wildman–Crippen MR) is 59.9 cm³/mol. The van der Waals surface area contributed by atoms with E-state index in [9.17, 15) is 9.59 Å². The Labute approximate surface area is 95.5 Å². The summed E-state index contributed by atoms with van der Waals surface area (Å²) in [7, 11) is 0. The summed E-state index contributed by atoms with van der Waals surface area (Å²) >= 11 is 0. The Morgan fingerprint density at radius 2 is 2.25 bits per heavy atom. The van der Waals surface area contributed by atoms with Crippen LogP contribution in [0.4, 0.5) is 0 Å². The Hall–Kier alpha value is -1.12. The van der Waals surface area contributed by atoms with E-state index < -0.39 is 5.97 Å². The average molecular weight is 222 g/mol. The molecule has 1 N–H and O–H groups in total. The van der Waals surface area contributed by atoms with E-state index in [1.807, 2.05) is 13.0 Å². The Morgan fingerprint density at radius 3 is 2.88 bits per heavy atom. The zero-order valence-corrected chi connectivity index (χ0v) is 9.77. The molecule has 0 radical (unpaired) electrons. The Balaban J connectivity index is 2.25. The van der Waals surface area contributed by atoms with E-state index in [1.165, 1.54) is 0 Å². The number of allylic oxidation sites excluding steroid dienone is 2. The fourth-order valence-electron chi connectivity index (χ4n) is 3.19. The minimum absolute atomic E-state index is 0.0271. The smallest absolute Gasteiger partial charge is 0.306 e. The van der Waals surface area contributed by atoms with E-state index in [0.717, 1.165) is 12.8 Å². The van der Waals surface area contributed by atoms with Gasteiger partial charge >= 0.3 is 5.97 Å². The van der Waals surface area contributed by atoms with Crippen molar-refractivity contribution < 1.29 is 14.7 Å². The molecule has 4 unspecified atom stereocenters. The van der Waals surface area contributed by atoms with Crippen LogP contribution in [0.1, 0.15) is 33.1 Å². The molecule has 2 aliphatic carbocycles. The van der Waals surface area contributed by atoms with Crippen molar-refractivity contribution in [2.45, 2.75) is 33.1 Å². The molecule has 1 saturated carbocycles. The SMILES string of the molecule is CC1C(=O)C=CC2(C)CCC(C(=O)O)CC12. The van der Waals surface area contributed by atoms with Crippen molar-refractivity contribution >= 4 is 11.8 Å². The summed E-state index contributed by atoms with van der Waals surface area (Å²) in [6.45, 7) is 4.08. The first-order valence-electron chi connectivity index (χ1n) is 5.90. The Morgan fingerprint density at radius 1 is 1.56 bits per heavy atom. The summed E-state index contributed by atoms with van der Waals surface area (Å²) in [4.78, 5) is 22.7. The third-order valence-electron chi connectivity index (χ3n) is 4.45. The number of carboxylic acid groups (broad SMARTS) is 1. The molecule has 0 bridgehead atoms. The van der Waals surface area contributed by atoms with Crippen molar-refractivity contribution in [2.75, 3.05) is 0 Å². The highest BCUT2D eigenvalue weighted by molar-refractivity contribution is 5.93. The van der Waals surface area contributed by atoms with Gasteiger partial charge in [-0.2, -0.15) is 0 Å². The minimum atomic E-state index is -0.712. The first-order chi connectivity index (χ1) is 7.44. The quantitative estimate of drug-likeness (QED) is 0.740. The van der Waals surface area contributed by atoms with E-state index in [4.69, 9.17) is 5.11 Å². The van der Waals surface area contributed by atoms with E-state index in [-0.39, 0.29) is 29.0 Å². The molecule has 0 spiro atoms. The van der Waals surface area contributed by atoms with E-state index >= 15 is 0 Å². The molecule has 3 nitrogen and oxygen atoms in total. The van der Waals surface area contributed by atoms with Crippen molar-refractivity contribution in [3.05, 3.63) is 12.2 Å². The fraction of sp³-hybridized carbons (Fsp3) is 0.692. The fourth-order valence-corrected chi connectivity index (χ4v) is 3.19. The Bertz CT molecular complexity index is 358. The van der Waals surface area contributed by atoms with Gasteiger partial charge in [0.25, 0.3) is 0 Å². The number of fused-ring (bicyclic) bond motifs is 1. The standard InChI is InChI=1S/C13H18O3/c1-8-10-7-9(12(15)16)3-5-13(10,2)6-4-11(8)14/h4,6,8-10H,3,5,7H2,1-2H3,(H,15,16). The number of hydrogen-bond donors (Lipinski definition) is 1. The van der Waals surface area contributed by atoms with Gasteiger partial charge in [-0.15, -0.1) is 0 Å². The molecule has 3 heteroatoms. The van der Waals surface area contributed by atoms with Crippen LogP contribution in [0.15, 0.2) is 12.2 Å². The van der Waals surface area contributed by atoms with E-state index in [1.54, 1.807) is 6.08 Å². The van der Waals surface area contributed by atoms with Crippen molar-refractivity contribution in [3.8, 4) is 0 Å². The summed E-state index contributed by atoms with van der Waals surface area (Å²) in [6, 6.07) is 0. The summed E-state index contributed by atoms with van der Waals surface area (Å²) in [5.74, 6) is -0.665. The van der Waals surface area contributed by atoms with E-state index in [0.29, 0.717) is 6.42 Å². The number of carbonyl (C=O) groups excluding carboxylic acids is 1. The largest absolute Gasteiger partial charge is 0.481 e. The van der Waals surface area contributed by atoms with Crippen LogP contribution in [-0.2, 0) is 9.59 Å². The maximum absolute atomic E-state index is 11.6. The van der Waals surface area contributed by atoms with Gasteiger partial charge in [0.15, 0.2) is 5.78 Å². The highest BCUT2D eigenvalue weighted by atomic mass is 16.4. The second-order valence-electron chi connectivity index (χ2n) is 5.45. The number of ketones is 1. The average Bonchev–Trinajstić information content (AvgIpc) is 2.24. The molecule has 0 amide bonds. The topological polar surface area (TPSA) is 54.4 Å². The number of aliphatic carboxylic acids is 1. The molecule has 2 rings (SSSR count). The second-order valence-corrected chi connectivity index (χ2v) is 5.45. The highest BCUT2D eigenvalue weighted by Gasteiger charge is 2.46. The van der Waals surface area contributed by atoms with Gasteiger partial charge in [0.1, 0.15) is 0 Å². The van der Waals surface area contributed by atoms with Crippen LogP contribution < -0.4 is 0 Å². The van der Waals surface area contributed by atoms with Gasteiger partial charge in [0, 0.05) is 5.92 Å². The maximum Gasteiger partial charge on any atom is 0.306 e. The number of hydrogen-bond acceptors (Lipinski definition) is 2. The molecule has 0 aliphatic heterocycles. The number of rotatable bonds is 1. The maximum atomic E-state index is 11.6. The van der Waals surface area contributed by atoms with Crippen LogP contribution in [0.2, 0.25) is 0 Å². The third-order valence-corrected chi connectivity index (χ3v) is 4.45. The number of carboxylic acids is 1. The molecular weight excluding hydrogens is 204 g/mol. The van der Waals surface area contributed by atoms with Gasteiger partial charge in [-0.1, -0.05) is 19.9 Å². The minimum Gasteiger partial charge on any atom is -0.481 e. The lowest BCUT2D eigenvalue weighted by molar-refractivity contribution is -0.146. The van der Waals surface area contributed by atoms with Crippen molar-refractivity contribution in [2.24, 2.45) is 23.2 Å². The third kappa shape index (κ3) is 1.68. The molecule has 0 heterocycles. The first-order valence-corrected chi connectivity index (χ1v) is 5.90. The van der Waals surface area contributed by atoms with Gasteiger partial charge in [0.05, 0.1) is 5.92 Å². The number of carbonyl (C=O) groups is 2. The lowest BCUT2D eigenvalue weighted by Gasteiger charge is -2.46. The monoisotopic (exact) mass is 222 g/mol. The van der Waals surface area contributed by atoms with Crippen LogP contribution in [0, 0.1) is 23.2 Å². The first kappa shape index (κ1) is 11.4. The molecule has 2 aliphatic rings. The van der Waals surface area contributed by atoms with Crippen LogP contribution in [0.25, 0.3) is 0 Å². The lowest BCUT2D eigenvalue weighted by Crippen LogP contribution is -2.43. The van der Waals surface area contributed by atoms with Crippen LogP contribution in [-0.4, -0.2) is 16.9 Å². The normalized spacial score (nSPS) is 42.9. The molecule has 16 heavy (non-hydrogen) atoms. The van der Waals surface area contributed by atoms with Crippen molar-refractivity contribution in [1.82, 2.24) is 0 Å². The van der Waals surface area contributed by atoms with Crippen LogP contribution in [0.5, 0.6) is 0 Å². The van der Waals surface area contributed by atoms with Gasteiger partial charge in [-0.3, -0.25) is 9.59 Å². The molecule has 1 fully saturated rings. The molecule has 0 aromatic carbocycles. The molecule has 0 aromatic rings. The summed E-state index contributed by atoms with van der Waals surface area (Å²) in [5.41, 5.74) is 0.0271. The van der Waals surface area contributed by atoms with Crippen molar-refractivity contribution in [1.29, 1.82) is 0 Å². The zero-order chi connectivity index (χ0) is 11.9. The second kappa shape index (κ2) is 3.72. The van der Waals surface area contributed by atoms with Gasteiger partial charge < -0.3 is 5.11 Å². The van der Waals surface area contributed by atoms with Crippen LogP contribution >= 0.6 is 0 Å². The summed E-state index contributed by atoms with van der Waals surface area (Å²) in [5, 5.41) is 9.06. The van der Waals surface area contributed by atoms with E-state index in [2.05, 4.69) is 6.92 Å². The predicted octanol–water partition coefficient (Wildman–Crippen LogP) is 2.27. The Kier molecular flexibility index (Phi) is 2.64. The summed E-state index contributed by atoms with van der Waals surface area (Å²) in [6.07, 6.45) is 5.93. The summed E-state index contributed by atoms with van der Waals surface area (Å²) < 4.78 is 0. The molecule has 88 valence electrons. The highest BCUT2D eigenvalue weighted by Crippen LogP contribution is 2.50. The molecular formula is C13H18O3. The molecule has 0 aromatic heterocycles.